The van der Waals surface area contributed by atoms with Gasteiger partial charge in [-0.1, -0.05) is 77.3 Å². The number of phenolic OH excluding ortho intramolecular Hbond substituents is 1. The summed E-state index contributed by atoms with van der Waals surface area (Å²) >= 11 is 0. The Morgan fingerprint density at radius 2 is 1.40 bits per heavy atom. The molecule has 0 saturated heterocycles. The highest BCUT2D eigenvalue weighted by molar-refractivity contribution is 5.36. The van der Waals surface area contributed by atoms with E-state index in [2.05, 4.69) is 26.0 Å². The molecule has 0 aliphatic rings. The van der Waals surface area contributed by atoms with E-state index in [1.165, 1.54) is 63.4 Å². The van der Waals surface area contributed by atoms with Gasteiger partial charge in [-0.25, -0.2) is 0 Å². The van der Waals surface area contributed by atoms with Crippen LogP contribution in [-0.2, 0) is 12.8 Å². The van der Waals surface area contributed by atoms with Crippen LogP contribution in [0.5, 0.6) is 5.75 Å². The molecule has 1 aromatic carbocycles. The molecule has 1 N–H and O–H groups in total. The molecule has 0 radical (unpaired) electrons. The number of phenols is 1. The molecule has 114 valence electrons. The molecule has 0 heterocycles. The predicted octanol–water partition coefficient (Wildman–Crippen LogP) is 6.03. The van der Waals surface area contributed by atoms with Crippen molar-refractivity contribution in [3.63, 3.8) is 0 Å². The van der Waals surface area contributed by atoms with Crippen LogP contribution in [0.3, 0.4) is 0 Å². The predicted molar refractivity (Wildman–Crippen MR) is 88.4 cm³/mol. The first-order chi connectivity index (χ1) is 9.77. The van der Waals surface area contributed by atoms with Crippen LogP contribution in [0.25, 0.3) is 0 Å². The molecule has 0 amide bonds. The number of aromatic hydroxyl groups is 1. The number of hydrogen-bond donors (Lipinski definition) is 1. The van der Waals surface area contributed by atoms with Crippen LogP contribution in [-0.4, -0.2) is 5.11 Å². The third kappa shape index (κ3) is 6.98. The summed E-state index contributed by atoms with van der Waals surface area (Å²) in [5, 5.41) is 9.67. The van der Waals surface area contributed by atoms with Crippen LogP contribution in [0, 0.1) is 0 Å². The molecule has 0 aromatic heterocycles. The van der Waals surface area contributed by atoms with E-state index in [4.69, 9.17) is 0 Å². The minimum absolute atomic E-state index is 0.448. The maximum atomic E-state index is 9.67. The van der Waals surface area contributed by atoms with Crippen molar-refractivity contribution >= 4 is 0 Å². The van der Waals surface area contributed by atoms with Crippen LogP contribution < -0.4 is 0 Å². The Hall–Kier alpha value is -0.980. The lowest BCUT2D eigenvalue weighted by Crippen LogP contribution is -1.90. The van der Waals surface area contributed by atoms with Crippen molar-refractivity contribution in [3.05, 3.63) is 29.3 Å². The fourth-order valence-electron chi connectivity index (χ4n) is 2.72. The molecule has 20 heavy (non-hydrogen) atoms. The molecule has 0 atom stereocenters. The van der Waals surface area contributed by atoms with Crippen LogP contribution in [0.2, 0.25) is 0 Å². The van der Waals surface area contributed by atoms with Crippen molar-refractivity contribution in [2.45, 2.75) is 84.5 Å². The highest BCUT2D eigenvalue weighted by atomic mass is 16.3. The average Bonchev–Trinajstić information content (AvgIpc) is 2.47. The summed E-state index contributed by atoms with van der Waals surface area (Å²) in [6.07, 6.45) is 14.5. The van der Waals surface area contributed by atoms with Crippen LogP contribution >= 0.6 is 0 Å². The van der Waals surface area contributed by atoms with Crippen molar-refractivity contribution in [3.8, 4) is 5.75 Å². The number of unbranched alkanes of at least 4 members (excludes halogenated alkanes) is 8. The first kappa shape index (κ1) is 17.1. The summed E-state index contributed by atoms with van der Waals surface area (Å²) in [5.74, 6) is 0.448. The van der Waals surface area contributed by atoms with Gasteiger partial charge in [0.05, 0.1) is 0 Å². The van der Waals surface area contributed by atoms with E-state index in [1.54, 1.807) is 0 Å². The van der Waals surface area contributed by atoms with Gasteiger partial charge in [-0.05, 0) is 36.5 Å². The molecule has 1 rings (SSSR count). The van der Waals surface area contributed by atoms with Gasteiger partial charge < -0.3 is 5.11 Å². The summed E-state index contributed by atoms with van der Waals surface area (Å²) in [4.78, 5) is 0. The standard InChI is InChI=1S/C19H32O/c1-3-5-6-7-8-9-10-11-12-13-17-14-15-19(20)18(4-2)16-17/h14-16,20H,3-13H2,1-2H3. The maximum Gasteiger partial charge on any atom is 0.118 e. The van der Waals surface area contributed by atoms with E-state index < -0.39 is 0 Å². The van der Waals surface area contributed by atoms with Crippen molar-refractivity contribution in [2.24, 2.45) is 0 Å². The summed E-state index contributed by atoms with van der Waals surface area (Å²) in [6.45, 7) is 4.37. The van der Waals surface area contributed by atoms with Gasteiger partial charge in [0, 0.05) is 0 Å². The lowest BCUT2D eigenvalue weighted by atomic mass is 10.0. The zero-order valence-electron chi connectivity index (χ0n) is 13.5. The Balaban J connectivity index is 2.06. The van der Waals surface area contributed by atoms with Gasteiger partial charge in [0.15, 0.2) is 0 Å². The summed E-state index contributed by atoms with van der Waals surface area (Å²) in [6, 6.07) is 6.08. The Morgan fingerprint density at radius 3 is 2.00 bits per heavy atom. The average molecular weight is 276 g/mol. The number of rotatable bonds is 11. The lowest BCUT2D eigenvalue weighted by Gasteiger charge is -2.06. The molecule has 1 nitrogen and oxygen atoms in total. The number of hydrogen-bond acceptors (Lipinski definition) is 1. The summed E-state index contributed by atoms with van der Waals surface area (Å²) in [7, 11) is 0. The zero-order chi connectivity index (χ0) is 14.6. The molecule has 0 saturated carbocycles. The molecule has 0 unspecified atom stereocenters. The van der Waals surface area contributed by atoms with Gasteiger partial charge in [-0.2, -0.15) is 0 Å². The highest BCUT2D eigenvalue weighted by Crippen LogP contribution is 2.20. The van der Waals surface area contributed by atoms with E-state index >= 15 is 0 Å². The third-order valence-electron chi connectivity index (χ3n) is 4.09. The molecule has 0 aliphatic carbocycles. The second-order valence-electron chi connectivity index (χ2n) is 5.90. The molecule has 1 aromatic rings. The molecule has 0 fully saturated rings. The molecular formula is C19H32O. The maximum absolute atomic E-state index is 9.67. The van der Waals surface area contributed by atoms with Gasteiger partial charge in [0.25, 0.3) is 0 Å². The summed E-state index contributed by atoms with van der Waals surface area (Å²) in [5.41, 5.74) is 2.46. The first-order valence-electron chi connectivity index (χ1n) is 8.58. The summed E-state index contributed by atoms with van der Waals surface area (Å²) < 4.78 is 0. The topological polar surface area (TPSA) is 20.2 Å². The minimum Gasteiger partial charge on any atom is -0.508 e. The Bertz CT molecular complexity index is 357. The van der Waals surface area contributed by atoms with Gasteiger partial charge in [-0.3, -0.25) is 0 Å². The lowest BCUT2D eigenvalue weighted by molar-refractivity contribution is 0.468. The van der Waals surface area contributed by atoms with Crippen LogP contribution in [0.15, 0.2) is 18.2 Å². The van der Waals surface area contributed by atoms with Crippen LogP contribution in [0.1, 0.15) is 82.8 Å². The molecule has 1 heteroatoms. The van der Waals surface area contributed by atoms with E-state index in [1.807, 2.05) is 6.07 Å². The van der Waals surface area contributed by atoms with Gasteiger partial charge in [0.1, 0.15) is 5.75 Å². The minimum atomic E-state index is 0.448. The van der Waals surface area contributed by atoms with E-state index in [9.17, 15) is 5.11 Å². The number of benzene rings is 1. The Kier molecular flexibility index (Phi) is 9.19. The fraction of sp³-hybridized carbons (Fsp3) is 0.684. The van der Waals surface area contributed by atoms with Crippen molar-refractivity contribution < 1.29 is 5.11 Å². The Morgan fingerprint density at radius 1 is 0.800 bits per heavy atom. The van der Waals surface area contributed by atoms with Crippen molar-refractivity contribution in [2.75, 3.05) is 0 Å². The zero-order valence-corrected chi connectivity index (χ0v) is 13.5. The molecule has 0 aliphatic heterocycles. The van der Waals surface area contributed by atoms with Crippen molar-refractivity contribution in [1.82, 2.24) is 0 Å². The second-order valence-corrected chi connectivity index (χ2v) is 5.90. The molecule has 0 bridgehead atoms. The second kappa shape index (κ2) is 10.8. The number of aryl methyl sites for hydroxylation is 2. The van der Waals surface area contributed by atoms with Gasteiger partial charge in [0.2, 0.25) is 0 Å². The smallest absolute Gasteiger partial charge is 0.118 e. The third-order valence-corrected chi connectivity index (χ3v) is 4.09. The molecular weight excluding hydrogens is 244 g/mol. The first-order valence-corrected chi connectivity index (χ1v) is 8.58. The monoisotopic (exact) mass is 276 g/mol. The Labute approximate surface area is 125 Å². The van der Waals surface area contributed by atoms with Gasteiger partial charge >= 0.3 is 0 Å². The van der Waals surface area contributed by atoms with Crippen LogP contribution in [0.4, 0.5) is 0 Å². The van der Waals surface area contributed by atoms with E-state index in [-0.39, 0.29) is 0 Å². The molecule has 0 spiro atoms. The quantitative estimate of drug-likeness (QED) is 0.489. The normalized spacial score (nSPS) is 10.9. The van der Waals surface area contributed by atoms with Gasteiger partial charge in [-0.15, -0.1) is 0 Å². The fourth-order valence-corrected chi connectivity index (χ4v) is 2.72. The van der Waals surface area contributed by atoms with E-state index in [0.29, 0.717) is 5.75 Å². The SMILES string of the molecule is CCCCCCCCCCCc1ccc(O)c(CC)c1. The highest BCUT2D eigenvalue weighted by Gasteiger charge is 2.01. The van der Waals surface area contributed by atoms with E-state index in [0.717, 1.165) is 18.4 Å². The van der Waals surface area contributed by atoms with Crippen molar-refractivity contribution in [1.29, 1.82) is 0 Å². The largest absolute Gasteiger partial charge is 0.508 e.